The number of aromatic nitrogens is 1. The standard InChI is InChI=1S/C30H32NO.C15H28O2.Ir/c1-18-8-9-22-21(12-18)15-23-27-26-20(10-11-31-27)13-19(16-29(2,3)4)14-25(26)32-28(23)24(22)17-30(5,6)7;1-7-14(5,8-2)12(16)11-13(17)15(6,9-3)10-4;/h8-14H,16-17H2,1-7H3;11,16H,7-10H2,1-6H3;/q-1;;/b;12-11-;. The van der Waals surface area contributed by atoms with E-state index in [1.807, 2.05) is 47.7 Å². The predicted molar refractivity (Wildman–Crippen MR) is 208 cm³/mol. The molecule has 0 aliphatic carbocycles. The van der Waals surface area contributed by atoms with Crippen molar-refractivity contribution >= 4 is 27.3 Å². The largest absolute Gasteiger partial charge is 0.512 e. The van der Waals surface area contributed by atoms with E-state index >= 15 is 0 Å². The van der Waals surface area contributed by atoms with Crippen LogP contribution in [0.2, 0.25) is 0 Å². The number of pyridine rings is 1. The molecule has 3 aromatic carbocycles. The van der Waals surface area contributed by atoms with E-state index in [1.165, 1.54) is 33.5 Å². The molecule has 0 atom stereocenters. The second-order valence-electron chi connectivity index (χ2n) is 17.2. The molecule has 1 radical (unpaired) electrons. The topological polar surface area (TPSA) is 59.4 Å². The van der Waals surface area contributed by atoms with Gasteiger partial charge < -0.3 is 9.84 Å². The molecular formula is C45H60IrNO3-. The molecule has 1 N–H and O–H groups in total. The SMILES string of the molecule is CCC(C)(CC)C(=O)/C=C(\O)C(C)(CC)CC.Cc1ccc2c(CC(C)(C)C)c3c([c-]c2c1)-c1nccc2cc(CC(C)(C)C)cc(c12)O3.[Ir]. The molecule has 5 rings (SSSR count). The van der Waals surface area contributed by atoms with Crippen LogP contribution in [0.3, 0.4) is 0 Å². The van der Waals surface area contributed by atoms with E-state index in [-0.39, 0.29) is 53.3 Å². The van der Waals surface area contributed by atoms with Crippen molar-refractivity contribution in [3.63, 3.8) is 0 Å². The van der Waals surface area contributed by atoms with E-state index in [4.69, 9.17) is 9.72 Å². The van der Waals surface area contributed by atoms with Gasteiger partial charge in [0.15, 0.2) is 5.78 Å². The van der Waals surface area contributed by atoms with Gasteiger partial charge in [-0.1, -0.05) is 123 Å². The van der Waals surface area contributed by atoms with Crippen molar-refractivity contribution in [2.24, 2.45) is 21.7 Å². The maximum atomic E-state index is 12.2. The molecule has 273 valence electrons. The van der Waals surface area contributed by atoms with Crippen LogP contribution >= 0.6 is 0 Å². The summed E-state index contributed by atoms with van der Waals surface area (Å²) in [5.41, 5.74) is 5.51. The number of aryl methyl sites for hydroxylation is 1. The van der Waals surface area contributed by atoms with Crippen molar-refractivity contribution < 1.29 is 34.7 Å². The molecule has 4 nitrogen and oxygen atoms in total. The summed E-state index contributed by atoms with van der Waals surface area (Å²) in [5, 5.41) is 14.8. The van der Waals surface area contributed by atoms with Gasteiger partial charge in [-0.05, 0) is 79.4 Å². The fourth-order valence-corrected chi connectivity index (χ4v) is 6.59. The predicted octanol–water partition coefficient (Wildman–Crippen LogP) is 13.1. The molecule has 1 aliphatic heterocycles. The van der Waals surface area contributed by atoms with E-state index in [1.54, 1.807) is 0 Å². The number of hydrogen-bond donors (Lipinski definition) is 1. The minimum absolute atomic E-state index is 0. The molecule has 0 saturated heterocycles. The number of nitrogens with zero attached hydrogens (tertiary/aromatic N) is 1. The van der Waals surface area contributed by atoms with Gasteiger partial charge >= 0.3 is 0 Å². The van der Waals surface area contributed by atoms with E-state index in [2.05, 4.69) is 90.9 Å². The first-order valence-electron chi connectivity index (χ1n) is 18.3. The maximum absolute atomic E-state index is 12.2. The second kappa shape index (κ2) is 15.7. The number of benzene rings is 3. The van der Waals surface area contributed by atoms with Crippen LogP contribution in [0.4, 0.5) is 0 Å². The third kappa shape index (κ3) is 9.07. The first-order valence-corrected chi connectivity index (χ1v) is 18.3. The number of ketones is 1. The van der Waals surface area contributed by atoms with Crippen LogP contribution in [0.15, 0.2) is 54.4 Å². The van der Waals surface area contributed by atoms with Gasteiger partial charge in [0.25, 0.3) is 0 Å². The van der Waals surface area contributed by atoms with Gasteiger partial charge in [0, 0.05) is 54.3 Å². The van der Waals surface area contributed by atoms with E-state index in [0.29, 0.717) is 0 Å². The fourth-order valence-electron chi connectivity index (χ4n) is 6.59. The Labute approximate surface area is 315 Å². The summed E-state index contributed by atoms with van der Waals surface area (Å²) in [6.07, 6.45) is 8.61. The van der Waals surface area contributed by atoms with Gasteiger partial charge in [-0.3, -0.25) is 9.78 Å². The summed E-state index contributed by atoms with van der Waals surface area (Å²) in [5.74, 6) is 2.14. The van der Waals surface area contributed by atoms with Crippen molar-refractivity contribution in [2.45, 2.75) is 129 Å². The van der Waals surface area contributed by atoms with Crippen LogP contribution < -0.4 is 4.74 Å². The minimum atomic E-state index is -0.337. The number of aliphatic hydroxyl groups is 1. The van der Waals surface area contributed by atoms with Gasteiger partial charge in [0.2, 0.25) is 0 Å². The van der Waals surface area contributed by atoms with Crippen molar-refractivity contribution in [1.29, 1.82) is 0 Å². The normalized spacial score (nSPS) is 13.3. The molecule has 5 heteroatoms. The number of fused-ring (bicyclic) bond motifs is 3. The van der Waals surface area contributed by atoms with Gasteiger partial charge in [-0.15, -0.1) is 17.5 Å². The number of carbonyl (C=O) groups is 1. The Morgan fingerprint density at radius 3 is 2.00 bits per heavy atom. The Morgan fingerprint density at radius 1 is 0.840 bits per heavy atom. The number of allylic oxidation sites excluding steroid dienone is 2. The van der Waals surface area contributed by atoms with E-state index in [0.717, 1.165) is 72.1 Å². The fraction of sp³-hybridized carbons (Fsp3) is 0.511. The van der Waals surface area contributed by atoms with Gasteiger partial charge in [0.1, 0.15) is 11.5 Å². The average Bonchev–Trinajstić information content (AvgIpc) is 3.03. The van der Waals surface area contributed by atoms with Gasteiger partial charge in [0.05, 0.1) is 5.75 Å². The number of rotatable bonds is 9. The Morgan fingerprint density at radius 2 is 1.44 bits per heavy atom. The van der Waals surface area contributed by atoms with E-state index in [9.17, 15) is 9.90 Å². The molecule has 4 aromatic rings. The molecule has 50 heavy (non-hydrogen) atoms. The summed E-state index contributed by atoms with van der Waals surface area (Å²) in [6, 6.07) is 16.9. The minimum Gasteiger partial charge on any atom is -0.512 e. The number of ether oxygens (including phenoxy) is 1. The van der Waals surface area contributed by atoms with Crippen LogP contribution in [0.1, 0.15) is 125 Å². The monoisotopic (exact) mass is 855 g/mol. The van der Waals surface area contributed by atoms with Crippen molar-refractivity contribution in [1.82, 2.24) is 4.98 Å². The second-order valence-corrected chi connectivity index (χ2v) is 17.2. The summed E-state index contributed by atoms with van der Waals surface area (Å²) >= 11 is 0. The van der Waals surface area contributed by atoms with Crippen LogP contribution in [-0.4, -0.2) is 15.9 Å². The maximum Gasteiger partial charge on any atom is 0.164 e. The van der Waals surface area contributed by atoms with Crippen molar-refractivity contribution in [2.75, 3.05) is 0 Å². The third-order valence-electron chi connectivity index (χ3n) is 10.6. The quantitative estimate of drug-likeness (QED) is 0.0911. The molecule has 0 bridgehead atoms. The third-order valence-corrected chi connectivity index (χ3v) is 10.6. The van der Waals surface area contributed by atoms with Crippen LogP contribution in [-0.2, 0) is 37.7 Å². The number of hydrogen-bond acceptors (Lipinski definition) is 4. The molecule has 0 unspecified atom stereocenters. The van der Waals surface area contributed by atoms with Crippen LogP contribution in [0.5, 0.6) is 11.5 Å². The molecule has 0 amide bonds. The molecule has 0 fully saturated rings. The summed E-state index contributed by atoms with van der Waals surface area (Å²) in [6.45, 7) is 27.9. The molecule has 0 spiro atoms. The number of aliphatic hydroxyl groups excluding tert-OH is 1. The molecule has 1 aromatic heterocycles. The molecule has 2 heterocycles. The summed E-state index contributed by atoms with van der Waals surface area (Å²) in [7, 11) is 0. The Bertz CT molecular complexity index is 1860. The van der Waals surface area contributed by atoms with Crippen molar-refractivity contribution in [3.8, 4) is 22.8 Å². The smallest absolute Gasteiger partial charge is 0.164 e. The first-order chi connectivity index (χ1) is 22.8. The molecular weight excluding hydrogens is 795 g/mol. The van der Waals surface area contributed by atoms with Gasteiger partial charge in [-0.2, -0.15) is 0 Å². The first kappa shape index (κ1) is 41.4. The van der Waals surface area contributed by atoms with E-state index < -0.39 is 0 Å². The average molecular weight is 855 g/mol. The van der Waals surface area contributed by atoms with Gasteiger partial charge in [-0.25, -0.2) is 0 Å². The molecule has 1 aliphatic rings. The zero-order valence-corrected chi connectivity index (χ0v) is 35.3. The zero-order valence-electron chi connectivity index (χ0n) is 32.9. The number of carbonyl (C=O) groups excluding carboxylic acids is 1. The Hall–Kier alpha value is -3.01. The summed E-state index contributed by atoms with van der Waals surface area (Å²) < 4.78 is 6.75. The Kier molecular flexibility index (Phi) is 13.0. The van der Waals surface area contributed by atoms with Crippen LogP contribution in [0.25, 0.3) is 32.8 Å². The Balaban J connectivity index is 0.000000323. The van der Waals surface area contributed by atoms with Crippen molar-refractivity contribution in [3.05, 3.63) is 77.2 Å². The summed E-state index contributed by atoms with van der Waals surface area (Å²) in [4.78, 5) is 17.0. The molecule has 0 saturated carbocycles. The zero-order chi connectivity index (χ0) is 36.5. The van der Waals surface area contributed by atoms with Crippen LogP contribution in [0, 0.1) is 34.7 Å².